The lowest BCUT2D eigenvalue weighted by atomic mass is 9.86. The van der Waals surface area contributed by atoms with E-state index in [1.165, 1.54) is 12.1 Å². The number of amides is 1. The van der Waals surface area contributed by atoms with Gasteiger partial charge in [0.15, 0.2) is 6.29 Å². The van der Waals surface area contributed by atoms with Gasteiger partial charge in [-0.1, -0.05) is 37.3 Å². The first-order valence-corrected chi connectivity index (χ1v) is 11.7. The Balaban J connectivity index is 1.50. The van der Waals surface area contributed by atoms with Crippen LogP contribution in [-0.2, 0) is 15.1 Å². The second-order valence-electron chi connectivity index (χ2n) is 9.37. The molecular formula is C26H33FN2O5. The molecule has 1 heterocycles. The summed E-state index contributed by atoms with van der Waals surface area (Å²) in [4.78, 5) is 15.8. The molecule has 8 heteroatoms. The summed E-state index contributed by atoms with van der Waals surface area (Å²) < 4.78 is 25.9. The molecule has 3 N–H and O–H groups in total. The third-order valence-electron chi connectivity index (χ3n) is 7.35. The summed E-state index contributed by atoms with van der Waals surface area (Å²) in [5.41, 5.74) is -0.984. The minimum Gasteiger partial charge on any atom is -0.492 e. The van der Waals surface area contributed by atoms with Crippen LogP contribution in [0.1, 0.15) is 43.6 Å². The first-order chi connectivity index (χ1) is 16.3. The van der Waals surface area contributed by atoms with Gasteiger partial charge in [-0.15, -0.1) is 0 Å². The number of nitrogens with zero attached hydrogens (tertiary/aromatic N) is 1. The minimum absolute atomic E-state index is 0.103. The number of benzene rings is 2. The molecule has 1 aliphatic heterocycles. The number of nitrogens with one attached hydrogen (secondary N) is 1. The van der Waals surface area contributed by atoms with E-state index in [1.807, 2.05) is 49.2 Å². The average Bonchev–Trinajstić information content (AvgIpc) is 3.49. The summed E-state index contributed by atoms with van der Waals surface area (Å²) in [6.07, 6.45) is -0.0925. The molecule has 0 aromatic heterocycles. The molecule has 0 bridgehead atoms. The average molecular weight is 473 g/mol. The van der Waals surface area contributed by atoms with E-state index in [-0.39, 0.29) is 17.4 Å². The van der Waals surface area contributed by atoms with Crippen LogP contribution in [0.25, 0.3) is 0 Å². The van der Waals surface area contributed by atoms with Crippen LogP contribution in [0.5, 0.6) is 5.75 Å². The third kappa shape index (κ3) is 4.81. The van der Waals surface area contributed by atoms with Gasteiger partial charge in [-0.05, 0) is 56.0 Å². The lowest BCUT2D eigenvalue weighted by Gasteiger charge is -2.44. The number of hydrogen-bond donors (Lipinski definition) is 3. The fraction of sp³-hybridized carbons (Fsp3) is 0.500. The smallest absolute Gasteiger partial charge is 0.241 e. The molecule has 0 radical (unpaired) electrons. The lowest BCUT2D eigenvalue weighted by Crippen LogP contribution is -2.62. The Morgan fingerprint density at radius 3 is 2.50 bits per heavy atom. The monoisotopic (exact) mass is 472 g/mol. The van der Waals surface area contributed by atoms with Gasteiger partial charge in [0.25, 0.3) is 0 Å². The van der Waals surface area contributed by atoms with Gasteiger partial charge in [0.05, 0.1) is 5.54 Å². The summed E-state index contributed by atoms with van der Waals surface area (Å²) in [5, 5.41) is 21.9. The molecule has 1 saturated heterocycles. The molecule has 2 aromatic rings. The number of likely N-dealkylation sites (N-methyl/N-ethyl adjacent to an activating group) is 1. The maximum Gasteiger partial charge on any atom is 0.241 e. The molecule has 0 spiro atoms. The van der Waals surface area contributed by atoms with Gasteiger partial charge in [-0.2, -0.15) is 0 Å². The zero-order valence-electron chi connectivity index (χ0n) is 19.7. The Morgan fingerprint density at radius 2 is 1.91 bits per heavy atom. The van der Waals surface area contributed by atoms with Crippen LogP contribution < -0.4 is 10.1 Å². The summed E-state index contributed by atoms with van der Waals surface area (Å²) in [5.74, 6) is 0.111. The zero-order valence-corrected chi connectivity index (χ0v) is 19.7. The second-order valence-corrected chi connectivity index (χ2v) is 9.37. The quantitative estimate of drug-likeness (QED) is 0.486. The summed E-state index contributed by atoms with van der Waals surface area (Å²) in [6, 6.07) is 13.9. The van der Waals surface area contributed by atoms with E-state index in [4.69, 9.17) is 9.47 Å². The number of halogens is 1. The number of ether oxygens (including phenoxy) is 2. The second kappa shape index (κ2) is 10.00. The van der Waals surface area contributed by atoms with Gasteiger partial charge in [-0.3, -0.25) is 9.69 Å². The predicted molar refractivity (Wildman–Crippen MR) is 125 cm³/mol. The van der Waals surface area contributed by atoms with Crippen molar-refractivity contribution in [2.75, 3.05) is 33.4 Å². The number of aliphatic hydroxyl groups is 2. The lowest BCUT2D eigenvalue weighted by molar-refractivity contribution is -0.141. The minimum atomic E-state index is -1.88. The molecule has 2 fully saturated rings. The van der Waals surface area contributed by atoms with E-state index in [2.05, 4.69) is 5.32 Å². The van der Waals surface area contributed by atoms with Crippen LogP contribution in [0, 0.1) is 11.7 Å². The highest BCUT2D eigenvalue weighted by molar-refractivity contribution is 5.87. The maximum absolute atomic E-state index is 14.5. The molecule has 1 amide bonds. The van der Waals surface area contributed by atoms with E-state index in [0.29, 0.717) is 51.2 Å². The zero-order chi connectivity index (χ0) is 24.3. The molecule has 2 atom stereocenters. The topological polar surface area (TPSA) is 91.3 Å². The van der Waals surface area contributed by atoms with Crippen molar-refractivity contribution >= 4 is 5.91 Å². The SMILES string of the molecule is C[C@@H]1CC1(NC(=O)C1(N(C)CCOc2ccccc2)CCOCC1)c1ccc(C(O)O)c(F)c1. The molecule has 1 unspecified atom stereocenters. The highest BCUT2D eigenvalue weighted by atomic mass is 19.1. The van der Waals surface area contributed by atoms with Crippen molar-refractivity contribution in [3.05, 3.63) is 65.5 Å². The van der Waals surface area contributed by atoms with Gasteiger partial charge in [-0.25, -0.2) is 4.39 Å². The maximum atomic E-state index is 14.5. The van der Waals surface area contributed by atoms with E-state index >= 15 is 0 Å². The molecular weight excluding hydrogens is 439 g/mol. The highest BCUT2D eigenvalue weighted by Gasteiger charge is 2.56. The van der Waals surface area contributed by atoms with Crippen LogP contribution in [-0.4, -0.2) is 60.0 Å². The van der Waals surface area contributed by atoms with E-state index in [9.17, 15) is 19.4 Å². The van der Waals surface area contributed by atoms with Gasteiger partial charge in [0.2, 0.25) is 5.91 Å². The van der Waals surface area contributed by atoms with Crippen LogP contribution in [0.3, 0.4) is 0 Å². The number of para-hydroxylation sites is 1. The van der Waals surface area contributed by atoms with Crippen LogP contribution in [0.4, 0.5) is 4.39 Å². The van der Waals surface area contributed by atoms with Gasteiger partial charge in [0.1, 0.15) is 23.7 Å². The Kier molecular flexibility index (Phi) is 7.23. The van der Waals surface area contributed by atoms with Crippen molar-refractivity contribution in [3.63, 3.8) is 0 Å². The predicted octanol–water partition coefficient (Wildman–Crippen LogP) is 2.72. The molecule has 184 valence electrons. The first kappa shape index (κ1) is 24.6. The van der Waals surface area contributed by atoms with Crippen molar-refractivity contribution < 1.29 is 28.9 Å². The molecule has 2 aromatic carbocycles. The number of carbonyl (C=O) groups excluding carboxylic acids is 1. The fourth-order valence-corrected chi connectivity index (χ4v) is 4.93. The Morgan fingerprint density at radius 1 is 1.24 bits per heavy atom. The van der Waals surface area contributed by atoms with E-state index in [1.54, 1.807) is 6.07 Å². The molecule has 2 aliphatic rings. The fourth-order valence-electron chi connectivity index (χ4n) is 4.93. The molecule has 1 aliphatic carbocycles. The molecule has 34 heavy (non-hydrogen) atoms. The van der Waals surface area contributed by atoms with Crippen molar-refractivity contribution in [3.8, 4) is 5.75 Å². The largest absolute Gasteiger partial charge is 0.492 e. The summed E-state index contributed by atoms with van der Waals surface area (Å²) in [6.45, 7) is 3.98. The number of carbonyl (C=O) groups is 1. The Labute approximate surface area is 199 Å². The van der Waals surface area contributed by atoms with Crippen LogP contribution in [0.2, 0.25) is 0 Å². The van der Waals surface area contributed by atoms with Crippen LogP contribution >= 0.6 is 0 Å². The summed E-state index contributed by atoms with van der Waals surface area (Å²) >= 11 is 0. The van der Waals surface area contributed by atoms with Crippen molar-refractivity contribution in [1.29, 1.82) is 0 Å². The molecule has 1 saturated carbocycles. The standard InChI is InChI=1S/C26H33FN2O5/c1-18-17-26(18,19-8-9-21(23(30)31)22(27)16-19)28-24(32)25(10-13-33-14-11-25)29(2)12-15-34-20-6-4-3-5-7-20/h3-9,16,18,23,30-31H,10-15,17H2,1-2H3,(H,28,32)/t18-,26?/m1/s1. The third-order valence-corrected chi connectivity index (χ3v) is 7.35. The van der Waals surface area contributed by atoms with E-state index in [0.717, 1.165) is 5.75 Å². The first-order valence-electron chi connectivity index (χ1n) is 11.7. The van der Waals surface area contributed by atoms with Gasteiger partial charge in [0, 0.05) is 25.3 Å². The number of hydrogen-bond acceptors (Lipinski definition) is 6. The van der Waals surface area contributed by atoms with Gasteiger partial charge < -0.3 is 25.0 Å². The Hall–Kier alpha value is -2.52. The van der Waals surface area contributed by atoms with Crippen molar-refractivity contribution in [1.82, 2.24) is 10.2 Å². The summed E-state index contributed by atoms with van der Waals surface area (Å²) in [7, 11) is 1.93. The van der Waals surface area contributed by atoms with Crippen LogP contribution in [0.15, 0.2) is 48.5 Å². The normalized spacial score (nSPS) is 23.7. The van der Waals surface area contributed by atoms with Crippen molar-refractivity contribution in [2.45, 2.75) is 43.6 Å². The Bertz CT molecular complexity index is 996. The molecule has 7 nitrogen and oxygen atoms in total. The van der Waals surface area contributed by atoms with E-state index < -0.39 is 23.2 Å². The van der Waals surface area contributed by atoms with Crippen molar-refractivity contribution in [2.24, 2.45) is 5.92 Å². The number of aliphatic hydroxyl groups excluding tert-OH is 1. The molecule has 4 rings (SSSR count). The highest BCUT2D eigenvalue weighted by Crippen LogP contribution is 2.52. The van der Waals surface area contributed by atoms with Gasteiger partial charge >= 0.3 is 0 Å². The number of rotatable bonds is 9.